The summed E-state index contributed by atoms with van der Waals surface area (Å²) in [6.45, 7) is 1.98. The number of fused-ring (bicyclic) bond motifs is 5. The predicted octanol–water partition coefficient (Wildman–Crippen LogP) is 2.85. The summed E-state index contributed by atoms with van der Waals surface area (Å²) in [5, 5.41) is 3.94. The van der Waals surface area contributed by atoms with Crippen LogP contribution in [0.1, 0.15) is 35.1 Å². The van der Waals surface area contributed by atoms with Gasteiger partial charge >= 0.3 is 0 Å². The highest BCUT2D eigenvalue weighted by atomic mass is 35.5. The number of nitrogens with one attached hydrogen (secondary N) is 1. The minimum absolute atomic E-state index is 0.0341. The molecule has 6 rings (SSSR count). The van der Waals surface area contributed by atoms with E-state index in [-0.39, 0.29) is 31.7 Å². The van der Waals surface area contributed by atoms with E-state index in [0.717, 1.165) is 36.3 Å². The first-order valence-corrected chi connectivity index (χ1v) is 12.5. The van der Waals surface area contributed by atoms with E-state index >= 15 is 0 Å². The number of nitrogens with zero attached hydrogens (tertiary/aromatic N) is 5. The van der Waals surface area contributed by atoms with Crippen LogP contribution in [-0.2, 0) is 30.8 Å². The lowest BCUT2D eigenvalue weighted by Gasteiger charge is -2.42. The monoisotopic (exact) mass is 522 g/mol. The number of aryl methyl sites for hydroxylation is 2. The van der Waals surface area contributed by atoms with Crippen molar-refractivity contribution in [2.75, 3.05) is 13.1 Å². The molecule has 1 fully saturated rings. The molecule has 0 atom stereocenters. The largest absolute Gasteiger partial charge is 0.348 e. The van der Waals surface area contributed by atoms with Crippen molar-refractivity contribution in [1.29, 1.82) is 0 Å². The topological polar surface area (TPSA) is 102 Å². The number of hydrogen-bond acceptors (Lipinski definition) is 5. The fraction of sp³-hybridized carbons (Fsp3) is 0.346. The van der Waals surface area contributed by atoms with Crippen LogP contribution in [0, 0.1) is 0 Å². The molecule has 0 radical (unpaired) electrons. The van der Waals surface area contributed by atoms with E-state index in [1.807, 2.05) is 0 Å². The van der Waals surface area contributed by atoms with Gasteiger partial charge in [-0.3, -0.25) is 19.0 Å². The first-order chi connectivity index (χ1) is 17.7. The minimum Gasteiger partial charge on any atom is -0.348 e. The van der Waals surface area contributed by atoms with Crippen LogP contribution in [0.25, 0.3) is 22.1 Å². The van der Waals surface area contributed by atoms with E-state index in [0.29, 0.717) is 21.6 Å². The molecule has 11 heteroatoms. The summed E-state index contributed by atoms with van der Waals surface area (Å²) in [7, 11) is 0. The molecule has 2 aliphatic heterocycles. The van der Waals surface area contributed by atoms with Crippen molar-refractivity contribution in [2.45, 2.75) is 45.1 Å². The van der Waals surface area contributed by atoms with Crippen LogP contribution < -0.4 is 10.9 Å². The van der Waals surface area contributed by atoms with Crippen LogP contribution in [0.15, 0.2) is 41.3 Å². The summed E-state index contributed by atoms with van der Waals surface area (Å²) in [6, 6.07) is 8.56. The average molecular weight is 523 g/mol. The molecular weight excluding hydrogens is 499 g/mol. The van der Waals surface area contributed by atoms with E-state index in [9.17, 15) is 18.8 Å². The number of hydrogen-bond donors (Lipinski definition) is 1. The zero-order valence-electron chi connectivity index (χ0n) is 20.1. The molecule has 1 aromatic carbocycles. The van der Waals surface area contributed by atoms with Gasteiger partial charge in [-0.05, 0) is 37.1 Å². The molecule has 0 spiro atoms. The van der Waals surface area contributed by atoms with Crippen LogP contribution in [0.5, 0.6) is 0 Å². The molecule has 9 nitrogen and oxygen atoms in total. The first-order valence-electron chi connectivity index (χ1n) is 12.1. The molecule has 0 unspecified atom stereocenters. The number of imidazole rings is 1. The molecule has 0 aliphatic carbocycles. The number of halogens is 2. The number of carbonyl (C=O) groups excluding carboxylic acids is 2. The number of amides is 2. The highest BCUT2D eigenvalue weighted by Gasteiger charge is 2.41. The highest BCUT2D eigenvalue weighted by molar-refractivity contribution is 6.30. The van der Waals surface area contributed by atoms with Gasteiger partial charge in [0.1, 0.15) is 34.8 Å². The van der Waals surface area contributed by atoms with Gasteiger partial charge in [0.2, 0.25) is 5.91 Å². The van der Waals surface area contributed by atoms with E-state index in [1.54, 1.807) is 36.5 Å². The zero-order valence-corrected chi connectivity index (χ0v) is 20.9. The summed E-state index contributed by atoms with van der Waals surface area (Å²) in [5.74, 6) is -0.0474. The average Bonchev–Trinajstić information content (AvgIpc) is 3.44. The Kier molecular flexibility index (Phi) is 5.52. The summed E-state index contributed by atoms with van der Waals surface area (Å²) >= 11 is 5.94. The third-order valence-electron chi connectivity index (χ3n) is 6.98. The van der Waals surface area contributed by atoms with Crippen molar-refractivity contribution >= 4 is 45.5 Å². The molecule has 2 amide bonds. The van der Waals surface area contributed by atoms with E-state index in [2.05, 4.69) is 19.9 Å². The Hall–Kier alpha value is -3.79. The van der Waals surface area contributed by atoms with Gasteiger partial charge in [-0.2, -0.15) is 0 Å². The van der Waals surface area contributed by atoms with Gasteiger partial charge in [0, 0.05) is 29.9 Å². The predicted molar refractivity (Wildman–Crippen MR) is 136 cm³/mol. The summed E-state index contributed by atoms with van der Waals surface area (Å²) in [5.41, 5.74) is 0.390. The Labute approximate surface area is 215 Å². The molecule has 0 saturated carbocycles. The van der Waals surface area contributed by atoms with E-state index in [4.69, 9.17) is 11.6 Å². The van der Waals surface area contributed by atoms with E-state index < -0.39 is 23.0 Å². The molecule has 3 aromatic heterocycles. The van der Waals surface area contributed by atoms with Gasteiger partial charge in [0.05, 0.1) is 24.8 Å². The number of pyridine rings is 2. The van der Waals surface area contributed by atoms with Crippen LogP contribution in [0.3, 0.4) is 0 Å². The lowest BCUT2D eigenvalue weighted by molar-refractivity contribution is -0.144. The normalized spacial score (nSPS) is 16.1. The molecule has 5 heterocycles. The number of aromatic nitrogens is 4. The Morgan fingerprint density at radius 2 is 1.97 bits per heavy atom. The van der Waals surface area contributed by atoms with Crippen LogP contribution in [0.4, 0.5) is 4.39 Å². The van der Waals surface area contributed by atoms with Crippen molar-refractivity contribution < 1.29 is 14.0 Å². The number of alkyl halides is 1. The second-order valence-electron chi connectivity index (χ2n) is 9.93. The third kappa shape index (κ3) is 4.15. The fourth-order valence-corrected chi connectivity index (χ4v) is 5.29. The van der Waals surface area contributed by atoms with Crippen molar-refractivity contribution in [3.8, 4) is 0 Å². The van der Waals surface area contributed by atoms with Gasteiger partial charge in [0.25, 0.3) is 11.5 Å². The molecule has 1 N–H and O–H groups in total. The Bertz CT molecular complexity index is 1630. The van der Waals surface area contributed by atoms with Gasteiger partial charge in [0.15, 0.2) is 0 Å². The zero-order chi connectivity index (χ0) is 25.9. The third-order valence-corrected chi connectivity index (χ3v) is 7.23. The summed E-state index contributed by atoms with van der Waals surface area (Å²) in [6.07, 6.45) is 3.37. The molecule has 190 valence electrons. The Balaban J connectivity index is 1.43. The fourth-order valence-electron chi connectivity index (χ4n) is 5.16. The van der Waals surface area contributed by atoms with Crippen molar-refractivity contribution in [3.05, 3.63) is 68.9 Å². The lowest BCUT2D eigenvalue weighted by Crippen LogP contribution is -2.60. The van der Waals surface area contributed by atoms with Crippen LogP contribution in [-0.4, -0.2) is 54.6 Å². The lowest BCUT2D eigenvalue weighted by atomic mass is 9.99. The van der Waals surface area contributed by atoms with Gasteiger partial charge < -0.3 is 14.8 Å². The second kappa shape index (κ2) is 8.65. The van der Waals surface area contributed by atoms with Gasteiger partial charge in [-0.1, -0.05) is 23.7 Å². The summed E-state index contributed by atoms with van der Waals surface area (Å²) < 4.78 is 17.3. The van der Waals surface area contributed by atoms with Crippen molar-refractivity contribution in [3.63, 3.8) is 0 Å². The molecular formula is C26H24ClFN6O3. The smallest absolute Gasteiger partial charge is 0.265 e. The standard InChI is InChI=1S/C26H24ClFN6O3/c1-26(28)13-32(14-26)21(35)12-34-23-17(22-19(11-29-23)31-20-3-2-8-33(20)22)9-18(25(34)37)24(36)30-10-15-4-6-16(27)7-5-15/h4-7,9,11H,2-3,8,10,12-14H2,1H3,(H,30,36). The maximum absolute atomic E-state index is 14.0. The molecule has 0 bridgehead atoms. The van der Waals surface area contributed by atoms with Crippen molar-refractivity contribution in [1.82, 2.24) is 29.3 Å². The molecule has 37 heavy (non-hydrogen) atoms. The Morgan fingerprint density at radius 1 is 1.22 bits per heavy atom. The summed E-state index contributed by atoms with van der Waals surface area (Å²) in [4.78, 5) is 50.2. The number of likely N-dealkylation sites (tertiary alicyclic amines) is 1. The van der Waals surface area contributed by atoms with Crippen LogP contribution in [0.2, 0.25) is 5.02 Å². The van der Waals surface area contributed by atoms with Gasteiger partial charge in [-0.25, -0.2) is 14.4 Å². The maximum atomic E-state index is 14.0. The Morgan fingerprint density at radius 3 is 2.70 bits per heavy atom. The highest BCUT2D eigenvalue weighted by Crippen LogP contribution is 2.29. The quantitative estimate of drug-likeness (QED) is 0.434. The van der Waals surface area contributed by atoms with Crippen LogP contribution >= 0.6 is 11.6 Å². The number of carbonyl (C=O) groups is 2. The molecule has 2 aliphatic rings. The number of benzene rings is 1. The first kappa shape index (κ1) is 23.6. The second-order valence-corrected chi connectivity index (χ2v) is 10.4. The molecule has 1 saturated heterocycles. The van der Waals surface area contributed by atoms with Gasteiger partial charge in [-0.15, -0.1) is 0 Å². The number of rotatable bonds is 5. The van der Waals surface area contributed by atoms with Crippen molar-refractivity contribution in [2.24, 2.45) is 0 Å². The van der Waals surface area contributed by atoms with E-state index in [1.165, 1.54) is 16.4 Å². The SMILES string of the molecule is CC1(F)CN(C(=O)Cn2c(=O)c(C(=O)NCc3ccc(Cl)cc3)cc3c4c(cnc32)nc2n4CCC2)C1. The maximum Gasteiger partial charge on any atom is 0.265 e. The molecule has 4 aromatic rings. The minimum atomic E-state index is -1.44.